The molecule has 2 aromatic rings. The Balaban J connectivity index is 1.67. The predicted molar refractivity (Wildman–Crippen MR) is 123 cm³/mol. The van der Waals surface area contributed by atoms with Gasteiger partial charge in [-0.2, -0.15) is 4.98 Å². The summed E-state index contributed by atoms with van der Waals surface area (Å²) in [5, 5.41) is 3.31. The van der Waals surface area contributed by atoms with E-state index in [1.54, 1.807) is 47.0 Å². The smallest absolute Gasteiger partial charge is 0.416 e. The third-order valence-electron chi connectivity index (χ3n) is 5.00. The minimum Gasteiger partial charge on any atom is -0.443 e. The summed E-state index contributed by atoms with van der Waals surface area (Å²) in [5.41, 5.74) is 8.11. The van der Waals surface area contributed by atoms with Crippen LogP contribution in [0.1, 0.15) is 31.9 Å². The van der Waals surface area contributed by atoms with Crippen LogP contribution in [0.2, 0.25) is 0 Å². The van der Waals surface area contributed by atoms with Crippen LogP contribution in [-0.4, -0.2) is 47.6 Å². The Kier molecular flexibility index (Phi) is 5.23. The normalized spacial score (nSPS) is 14.9. The van der Waals surface area contributed by atoms with E-state index in [1.165, 1.54) is 11.0 Å². The number of carbonyl (C=O) groups is 1. The molecular formula is C22H26FN7O2. The van der Waals surface area contributed by atoms with Crippen molar-refractivity contribution in [2.45, 2.75) is 33.3 Å². The maximum absolute atomic E-state index is 13.7. The predicted octanol–water partition coefficient (Wildman–Crippen LogP) is 3.56. The Morgan fingerprint density at radius 3 is 2.81 bits per heavy atom. The van der Waals surface area contributed by atoms with Crippen molar-refractivity contribution in [3.05, 3.63) is 41.0 Å². The van der Waals surface area contributed by atoms with Crippen LogP contribution in [0.15, 0.2) is 29.0 Å². The molecule has 0 atom stereocenters. The van der Waals surface area contributed by atoms with Crippen LogP contribution in [0.5, 0.6) is 0 Å². The lowest BCUT2D eigenvalue weighted by Gasteiger charge is -2.29. The molecule has 1 aromatic heterocycles. The van der Waals surface area contributed by atoms with Crippen molar-refractivity contribution < 1.29 is 13.9 Å². The molecule has 4 rings (SSSR count). The highest BCUT2D eigenvalue weighted by Gasteiger charge is 2.31. The van der Waals surface area contributed by atoms with E-state index in [-0.39, 0.29) is 11.6 Å². The van der Waals surface area contributed by atoms with Gasteiger partial charge in [0.2, 0.25) is 5.95 Å². The molecule has 9 nitrogen and oxygen atoms in total. The molecular weight excluding hydrogens is 413 g/mol. The number of aryl methyl sites for hydroxylation is 1. The maximum Gasteiger partial charge on any atom is 0.416 e. The highest BCUT2D eigenvalue weighted by Crippen LogP contribution is 2.33. The molecule has 168 valence electrons. The van der Waals surface area contributed by atoms with E-state index in [1.807, 2.05) is 11.0 Å². The largest absolute Gasteiger partial charge is 0.443 e. The maximum atomic E-state index is 13.7. The number of hydrogen-bond acceptors (Lipinski definition) is 8. The number of nitrogens with one attached hydrogen (secondary N) is 1. The van der Waals surface area contributed by atoms with E-state index in [9.17, 15) is 9.18 Å². The van der Waals surface area contributed by atoms with Crippen molar-refractivity contribution in [2.24, 2.45) is 4.99 Å². The Morgan fingerprint density at radius 2 is 2.09 bits per heavy atom. The van der Waals surface area contributed by atoms with Crippen molar-refractivity contribution in [1.82, 2.24) is 9.97 Å². The molecule has 3 heterocycles. The summed E-state index contributed by atoms with van der Waals surface area (Å²) in [6.45, 7) is 8.44. The van der Waals surface area contributed by atoms with E-state index in [0.717, 1.165) is 16.8 Å². The highest BCUT2D eigenvalue weighted by molar-refractivity contribution is 6.18. The first-order valence-electron chi connectivity index (χ1n) is 10.2. The molecule has 0 aliphatic carbocycles. The van der Waals surface area contributed by atoms with Gasteiger partial charge in [-0.15, -0.1) is 0 Å². The first kappa shape index (κ1) is 21.5. The summed E-state index contributed by atoms with van der Waals surface area (Å²) in [6.07, 6.45) is 3.00. The molecule has 3 N–H and O–H groups in total. The zero-order valence-electron chi connectivity index (χ0n) is 18.7. The summed E-state index contributed by atoms with van der Waals surface area (Å²) in [7, 11) is 1.57. The van der Waals surface area contributed by atoms with Gasteiger partial charge in [0.1, 0.15) is 17.2 Å². The Hall–Kier alpha value is -3.69. The first-order chi connectivity index (χ1) is 15.0. The van der Waals surface area contributed by atoms with Crippen LogP contribution < -0.4 is 20.9 Å². The van der Waals surface area contributed by atoms with Gasteiger partial charge in [0.05, 0.1) is 17.9 Å². The van der Waals surface area contributed by atoms with Crippen LogP contribution >= 0.6 is 0 Å². The number of carbonyl (C=O) groups excluding carboxylic acids is 1. The number of benzene rings is 1. The molecule has 2 aliphatic heterocycles. The number of nitrogen functional groups attached to an aromatic ring is 1. The average Bonchev–Trinajstić information content (AvgIpc) is 3.20. The molecule has 0 unspecified atom stereocenters. The van der Waals surface area contributed by atoms with Gasteiger partial charge in [-0.05, 0) is 51.5 Å². The summed E-state index contributed by atoms with van der Waals surface area (Å²) < 4.78 is 19.2. The number of halogens is 1. The quantitative estimate of drug-likeness (QED) is 0.704. The Morgan fingerprint density at radius 1 is 1.34 bits per heavy atom. The molecule has 1 aromatic carbocycles. The second-order valence-corrected chi connectivity index (χ2v) is 8.72. The summed E-state index contributed by atoms with van der Waals surface area (Å²) in [5.74, 6) is 1.15. The summed E-state index contributed by atoms with van der Waals surface area (Å²) >= 11 is 0. The van der Waals surface area contributed by atoms with Gasteiger partial charge in [-0.1, -0.05) is 0 Å². The number of aliphatic imine (C=N–C) groups is 1. The molecule has 2 aliphatic rings. The van der Waals surface area contributed by atoms with Crippen molar-refractivity contribution in [2.75, 3.05) is 41.0 Å². The van der Waals surface area contributed by atoms with E-state index in [4.69, 9.17) is 10.5 Å². The highest BCUT2D eigenvalue weighted by atomic mass is 19.1. The van der Waals surface area contributed by atoms with Crippen LogP contribution in [0.4, 0.5) is 32.3 Å². The van der Waals surface area contributed by atoms with Gasteiger partial charge < -0.3 is 20.7 Å². The van der Waals surface area contributed by atoms with Crippen molar-refractivity contribution in [3.63, 3.8) is 0 Å². The SMILES string of the molecule is Cc1cc(F)c(N)cc1NC1=Cc2cnc(N(C)C(=O)OC(C)(C)C)nc2N2CCN=C12. The number of nitrogens with two attached hydrogens (primary N) is 1. The molecule has 0 radical (unpaired) electrons. The first-order valence-corrected chi connectivity index (χ1v) is 10.2. The lowest BCUT2D eigenvalue weighted by molar-refractivity contribution is 0.0587. The summed E-state index contributed by atoms with van der Waals surface area (Å²) in [6, 6.07) is 2.96. The number of anilines is 4. The van der Waals surface area contributed by atoms with Crippen molar-refractivity contribution >= 4 is 41.1 Å². The number of ether oxygens (including phenoxy) is 1. The molecule has 0 fully saturated rings. The molecule has 10 heteroatoms. The Labute approximate surface area is 185 Å². The van der Waals surface area contributed by atoms with Crippen molar-refractivity contribution in [1.29, 1.82) is 0 Å². The van der Waals surface area contributed by atoms with Crippen LogP contribution in [-0.2, 0) is 4.74 Å². The molecule has 0 spiro atoms. The summed E-state index contributed by atoms with van der Waals surface area (Å²) in [4.78, 5) is 29.2. The number of aromatic nitrogens is 2. The third kappa shape index (κ3) is 4.08. The van der Waals surface area contributed by atoms with Crippen LogP contribution in [0.3, 0.4) is 0 Å². The number of hydrogen-bond donors (Lipinski definition) is 2. The van der Waals surface area contributed by atoms with Gasteiger partial charge in [0, 0.05) is 31.0 Å². The van der Waals surface area contributed by atoms with Gasteiger partial charge >= 0.3 is 6.09 Å². The zero-order chi connectivity index (χ0) is 23.2. The van der Waals surface area contributed by atoms with Gasteiger partial charge in [0.15, 0.2) is 5.84 Å². The van der Waals surface area contributed by atoms with Crippen LogP contribution in [0.25, 0.3) is 6.08 Å². The minimum atomic E-state index is -0.625. The van der Waals surface area contributed by atoms with E-state index in [2.05, 4.69) is 20.3 Å². The standard InChI is InChI=1S/C22H26FN7O2/c1-12-8-14(23)15(24)10-16(12)27-17-9-13-11-26-20(29(5)21(31)32-22(2,3)4)28-18(13)30-7-6-25-19(17)30/h8-11,27H,6-7,24H2,1-5H3. The number of amides is 1. The number of rotatable bonds is 3. The zero-order valence-corrected chi connectivity index (χ0v) is 18.7. The van der Waals surface area contributed by atoms with Gasteiger partial charge in [0.25, 0.3) is 0 Å². The number of fused-ring (bicyclic) bond motifs is 3. The van der Waals surface area contributed by atoms with Crippen molar-refractivity contribution in [3.8, 4) is 0 Å². The van der Waals surface area contributed by atoms with Gasteiger partial charge in [-0.3, -0.25) is 4.99 Å². The Bertz CT molecular complexity index is 1150. The second kappa shape index (κ2) is 7.77. The topological polar surface area (TPSA) is 109 Å². The van der Waals surface area contributed by atoms with E-state index < -0.39 is 17.5 Å². The second-order valence-electron chi connectivity index (χ2n) is 8.72. The third-order valence-corrected chi connectivity index (χ3v) is 5.00. The fourth-order valence-corrected chi connectivity index (χ4v) is 3.43. The minimum absolute atomic E-state index is 0.0679. The van der Waals surface area contributed by atoms with Gasteiger partial charge in [-0.25, -0.2) is 19.1 Å². The molecule has 0 bridgehead atoms. The van der Waals surface area contributed by atoms with E-state index >= 15 is 0 Å². The molecule has 32 heavy (non-hydrogen) atoms. The molecule has 0 saturated heterocycles. The number of nitrogens with zero attached hydrogens (tertiary/aromatic N) is 5. The lowest BCUT2D eigenvalue weighted by Crippen LogP contribution is -2.37. The van der Waals surface area contributed by atoms with Crippen LogP contribution in [0, 0.1) is 12.7 Å². The molecule has 1 amide bonds. The molecule has 0 saturated carbocycles. The lowest BCUT2D eigenvalue weighted by atomic mass is 10.1. The monoisotopic (exact) mass is 439 g/mol. The fourth-order valence-electron chi connectivity index (χ4n) is 3.43. The van der Waals surface area contributed by atoms with E-state index in [0.29, 0.717) is 30.4 Å². The fraction of sp³-hybridized carbons (Fsp3) is 0.364. The average molecular weight is 439 g/mol. The number of amidine groups is 1.